The van der Waals surface area contributed by atoms with Crippen molar-refractivity contribution < 1.29 is 49.1 Å². The van der Waals surface area contributed by atoms with E-state index >= 15 is 0 Å². The van der Waals surface area contributed by atoms with Crippen molar-refractivity contribution in [1.82, 2.24) is 20.6 Å². The number of nitrogens with zero attached hydrogens (tertiary/aromatic N) is 1. The summed E-state index contributed by atoms with van der Waals surface area (Å²) in [4.78, 5) is 57.8. The zero-order valence-electron chi connectivity index (χ0n) is 24.8. The van der Waals surface area contributed by atoms with Crippen LogP contribution in [0.3, 0.4) is 0 Å². The number of aromatic hydroxyl groups is 5. The number of phenols is 4. The minimum atomic E-state index is -1.26. The fraction of sp³-hybridized carbons (Fsp3) is 0.121. The lowest BCUT2D eigenvalue weighted by atomic mass is 10.1. The maximum absolute atomic E-state index is 13.3. The summed E-state index contributed by atoms with van der Waals surface area (Å²) in [5.41, 5.74) is -0.113. The first-order valence-corrected chi connectivity index (χ1v) is 14.3. The molecule has 0 aliphatic heterocycles. The summed E-state index contributed by atoms with van der Waals surface area (Å²) in [5.74, 6) is -5.14. The number of aromatic amines is 1. The molecule has 5 aromatic rings. The zero-order chi connectivity index (χ0) is 34.4. The van der Waals surface area contributed by atoms with Crippen LogP contribution >= 0.6 is 0 Å². The van der Waals surface area contributed by atoms with Gasteiger partial charge in [0.25, 0.3) is 0 Å². The molecule has 5 rings (SSSR count). The second-order valence-electron chi connectivity index (χ2n) is 10.4. The van der Waals surface area contributed by atoms with Gasteiger partial charge in [0, 0.05) is 55.0 Å². The number of carbonyl (C=O) groups excluding carboxylic acids is 3. The molecule has 0 bridgehead atoms. The van der Waals surface area contributed by atoms with Gasteiger partial charge in [0.15, 0.2) is 17.3 Å². The number of rotatable bonds is 11. The van der Waals surface area contributed by atoms with E-state index in [0.29, 0.717) is 11.3 Å². The highest BCUT2D eigenvalue weighted by Crippen LogP contribution is 2.38. The molecule has 0 saturated heterocycles. The molecule has 0 spiro atoms. The quantitative estimate of drug-likeness (QED) is 0.0443. The number of phenolic OH excluding ortho intramolecular Hbond substituents is 4. The van der Waals surface area contributed by atoms with Crippen molar-refractivity contribution in [2.75, 3.05) is 6.54 Å². The van der Waals surface area contributed by atoms with E-state index < -0.39 is 63.4 Å². The third-order valence-electron chi connectivity index (χ3n) is 6.95. The SMILES string of the molecule is O=C(/C=C/c1ccc(O)cc1)NCCC(=O)N[C@H](Cc1cnc[nH]1)C(=O)Oc1cc(O)c2c(=O)c(O)c(-c3ccc(O)c(O)c3)oc2c1. The van der Waals surface area contributed by atoms with Crippen LogP contribution in [0.4, 0.5) is 0 Å². The molecule has 3 aromatic carbocycles. The summed E-state index contributed by atoms with van der Waals surface area (Å²) in [5, 5.41) is 54.6. The minimum Gasteiger partial charge on any atom is -0.508 e. The number of amides is 2. The smallest absolute Gasteiger partial charge is 0.334 e. The fourth-order valence-electron chi connectivity index (χ4n) is 4.56. The van der Waals surface area contributed by atoms with E-state index in [1.54, 1.807) is 12.1 Å². The molecular formula is C33H28N4O11. The topological polar surface area (TPSA) is 245 Å². The molecule has 0 unspecified atom stereocenters. The number of ether oxygens (including phenoxy) is 1. The maximum Gasteiger partial charge on any atom is 0.334 e. The lowest BCUT2D eigenvalue weighted by molar-refractivity contribution is -0.139. The van der Waals surface area contributed by atoms with Crippen molar-refractivity contribution >= 4 is 34.8 Å². The lowest BCUT2D eigenvalue weighted by Crippen LogP contribution is -2.45. The van der Waals surface area contributed by atoms with E-state index in [2.05, 4.69) is 20.6 Å². The molecule has 246 valence electrons. The van der Waals surface area contributed by atoms with Gasteiger partial charge in [-0.1, -0.05) is 12.1 Å². The van der Waals surface area contributed by atoms with Crippen molar-refractivity contribution in [2.45, 2.75) is 18.9 Å². The molecule has 8 N–H and O–H groups in total. The van der Waals surface area contributed by atoms with Crippen LogP contribution in [0.15, 0.2) is 82.4 Å². The normalized spacial score (nSPS) is 11.8. The van der Waals surface area contributed by atoms with Gasteiger partial charge in [-0.15, -0.1) is 0 Å². The van der Waals surface area contributed by atoms with Crippen LogP contribution in [0.25, 0.3) is 28.4 Å². The standard InChI is InChI=1S/C33H28N4O11/c38-20-5-1-17(2-6-20)3-8-27(42)35-10-9-28(43)37-22(12-19-15-34-16-36-19)33(46)47-21-13-25(41)29-26(14-21)48-32(31(45)30(29)44)18-4-7-23(39)24(40)11-18/h1-8,11,13-16,22,38-41,45H,9-10,12H2,(H,34,36)(H,35,42)(H,37,43)/b8-3+/t22-/m1/s1. The number of fused-ring (bicyclic) bond motifs is 1. The number of imidazole rings is 1. The number of nitrogens with one attached hydrogen (secondary N) is 3. The number of benzene rings is 3. The van der Waals surface area contributed by atoms with Crippen LogP contribution in [0.5, 0.6) is 34.5 Å². The molecule has 15 heteroatoms. The molecular weight excluding hydrogens is 628 g/mol. The van der Waals surface area contributed by atoms with Crippen molar-refractivity contribution in [2.24, 2.45) is 0 Å². The number of hydrogen-bond acceptors (Lipinski definition) is 12. The van der Waals surface area contributed by atoms with E-state index in [0.717, 1.165) is 24.3 Å². The first kappa shape index (κ1) is 32.6. The Morgan fingerprint density at radius 2 is 1.73 bits per heavy atom. The summed E-state index contributed by atoms with van der Waals surface area (Å²) >= 11 is 0. The third-order valence-corrected chi connectivity index (χ3v) is 6.95. The number of aromatic nitrogens is 2. The highest BCUT2D eigenvalue weighted by molar-refractivity contribution is 5.92. The van der Waals surface area contributed by atoms with Crippen LogP contribution in [0, 0.1) is 0 Å². The predicted molar refractivity (Wildman–Crippen MR) is 169 cm³/mol. The van der Waals surface area contributed by atoms with E-state index in [1.807, 2.05) is 0 Å². The molecule has 0 aliphatic rings. The molecule has 0 saturated carbocycles. The van der Waals surface area contributed by atoms with Gasteiger partial charge in [-0.2, -0.15) is 0 Å². The zero-order valence-corrected chi connectivity index (χ0v) is 24.8. The van der Waals surface area contributed by atoms with Gasteiger partial charge in [-0.3, -0.25) is 14.4 Å². The number of hydrogen-bond donors (Lipinski definition) is 8. The Balaban J connectivity index is 1.29. The maximum atomic E-state index is 13.3. The third kappa shape index (κ3) is 7.71. The Bertz CT molecular complexity index is 2070. The summed E-state index contributed by atoms with van der Waals surface area (Å²) in [6.07, 6.45) is 5.37. The Morgan fingerprint density at radius 1 is 0.958 bits per heavy atom. The van der Waals surface area contributed by atoms with Gasteiger partial charge in [-0.05, 0) is 42.0 Å². The van der Waals surface area contributed by atoms with Crippen molar-refractivity contribution in [1.29, 1.82) is 0 Å². The van der Waals surface area contributed by atoms with Gasteiger partial charge < -0.3 is 50.3 Å². The van der Waals surface area contributed by atoms with E-state index in [-0.39, 0.29) is 42.0 Å². The van der Waals surface area contributed by atoms with E-state index in [1.165, 1.54) is 42.9 Å². The van der Waals surface area contributed by atoms with Crippen LogP contribution in [0.1, 0.15) is 17.7 Å². The average Bonchev–Trinajstić information content (AvgIpc) is 3.56. The predicted octanol–water partition coefficient (Wildman–Crippen LogP) is 2.56. The molecule has 0 fully saturated rings. The fourth-order valence-corrected chi connectivity index (χ4v) is 4.56. The van der Waals surface area contributed by atoms with E-state index in [9.17, 15) is 44.7 Å². The highest BCUT2D eigenvalue weighted by atomic mass is 16.5. The summed E-state index contributed by atoms with van der Waals surface area (Å²) in [6.45, 7) is -0.0536. The van der Waals surface area contributed by atoms with Gasteiger partial charge in [-0.25, -0.2) is 9.78 Å². The second-order valence-corrected chi connectivity index (χ2v) is 10.4. The number of H-pyrrole nitrogens is 1. The number of esters is 1. The largest absolute Gasteiger partial charge is 0.508 e. The van der Waals surface area contributed by atoms with Gasteiger partial charge in [0.2, 0.25) is 23.0 Å². The summed E-state index contributed by atoms with van der Waals surface area (Å²) in [6, 6.07) is 10.4. The van der Waals surface area contributed by atoms with Gasteiger partial charge in [0.1, 0.15) is 34.3 Å². The molecule has 2 heterocycles. The lowest BCUT2D eigenvalue weighted by Gasteiger charge is -2.17. The van der Waals surface area contributed by atoms with Gasteiger partial charge in [0.05, 0.1) is 6.33 Å². The molecule has 15 nitrogen and oxygen atoms in total. The van der Waals surface area contributed by atoms with Crippen LogP contribution in [-0.4, -0.2) is 65.9 Å². The molecule has 2 amide bonds. The van der Waals surface area contributed by atoms with Crippen molar-refractivity contribution in [3.8, 4) is 45.8 Å². The summed E-state index contributed by atoms with van der Waals surface area (Å²) in [7, 11) is 0. The molecule has 2 aromatic heterocycles. The van der Waals surface area contributed by atoms with Gasteiger partial charge >= 0.3 is 5.97 Å². The highest BCUT2D eigenvalue weighted by Gasteiger charge is 2.26. The molecule has 0 aliphatic carbocycles. The summed E-state index contributed by atoms with van der Waals surface area (Å²) < 4.78 is 11.1. The van der Waals surface area contributed by atoms with Crippen LogP contribution < -0.4 is 20.8 Å². The minimum absolute atomic E-state index is 0.0237. The first-order chi connectivity index (χ1) is 23.0. The molecule has 0 radical (unpaired) electrons. The molecule has 48 heavy (non-hydrogen) atoms. The van der Waals surface area contributed by atoms with Crippen LogP contribution in [0.2, 0.25) is 0 Å². The molecule has 1 atom stereocenters. The Morgan fingerprint density at radius 3 is 2.44 bits per heavy atom. The Hall–Kier alpha value is -6.77. The Labute approximate surface area is 270 Å². The van der Waals surface area contributed by atoms with E-state index in [4.69, 9.17) is 9.15 Å². The Kier molecular flexibility index (Phi) is 9.59. The van der Waals surface area contributed by atoms with Crippen molar-refractivity contribution in [3.05, 3.63) is 94.7 Å². The van der Waals surface area contributed by atoms with Crippen molar-refractivity contribution in [3.63, 3.8) is 0 Å². The second kappa shape index (κ2) is 14.1. The van der Waals surface area contributed by atoms with Crippen LogP contribution in [-0.2, 0) is 20.8 Å². The monoisotopic (exact) mass is 656 g/mol. The average molecular weight is 657 g/mol. The first-order valence-electron chi connectivity index (χ1n) is 14.3. The number of carbonyl (C=O) groups is 3.